The molecule has 6 nitrogen and oxygen atoms in total. The Labute approximate surface area is 65.0 Å². The molecule has 0 radical (unpaired) electrons. The quantitative estimate of drug-likeness (QED) is 0.602. The van der Waals surface area contributed by atoms with Crippen LogP contribution in [0, 0.1) is 0 Å². The molecule has 0 aliphatic heterocycles. The van der Waals surface area contributed by atoms with Crippen molar-refractivity contribution in [1.29, 1.82) is 0 Å². The van der Waals surface area contributed by atoms with Crippen LogP contribution in [0.5, 0.6) is 0 Å². The van der Waals surface area contributed by atoms with Crippen molar-refractivity contribution in [2.45, 2.75) is 6.92 Å². The SMILES string of the molecule is CCS(=O)(=O)COS(=O)(=O)O. The van der Waals surface area contributed by atoms with Crippen LogP contribution >= 0.6 is 0 Å². The summed E-state index contributed by atoms with van der Waals surface area (Å²) in [7, 11) is -8.16. The van der Waals surface area contributed by atoms with E-state index in [9.17, 15) is 16.8 Å². The van der Waals surface area contributed by atoms with E-state index in [1.165, 1.54) is 6.92 Å². The third kappa shape index (κ3) is 6.23. The van der Waals surface area contributed by atoms with Crippen molar-refractivity contribution >= 4 is 20.2 Å². The second kappa shape index (κ2) is 3.48. The van der Waals surface area contributed by atoms with E-state index in [1.807, 2.05) is 0 Å². The van der Waals surface area contributed by atoms with Crippen molar-refractivity contribution < 1.29 is 25.6 Å². The van der Waals surface area contributed by atoms with Crippen LogP contribution in [0.4, 0.5) is 0 Å². The van der Waals surface area contributed by atoms with Gasteiger partial charge in [0, 0.05) is 5.75 Å². The zero-order chi connectivity index (χ0) is 9.12. The van der Waals surface area contributed by atoms with E-state index < -0.39 is 26.2 Å². The van der Waals surface area contributed by atoms with Gasteiger partial charge in [-0.05, 0) is 0 Å². The molecule has 0 bridgehead atoms. The van der Waals surface area contributed by atoms with E-state index in [1.54, 1.807) is 0 Å². The third-order valence-corrected chi connectivity index (χ3v) is 2.74. The topological polar surface area (TPSA) is 97.7 Å². The normalized spacial score (nSPS) is 13.3. The Kier molecular flexibility index (Phi) is 3.42. The van der Waals surface area contributed by atoms with Gasteiger partial charge in [-0.1, -0.05) is 6.92 Å². The Morgan fingerprint density at radius 1 is 1.27 bits per heavy atom. The Morgan fingerprint density at radius 2 is 1.73 bits per heavy atom. The molecule has 0 aromatic carbocycles. The molecule has 1 N–H and O–H groups in total. The summed E-state index contributed by atoms with van der Waals surface area (Å²) < 4.78 is 52.4. The summed E-state index contributed by atoms with van der Waals surface area (Å²) in [6, 6.07) is 0. The third-order valence-electron chi connectivity index (χ3n) is 0.816. The molecule has 0 atom stereocenters. The van der Waals surface area contributed by atoms with Crippen molar-refractivity contribution in [3.63, 3.8) is 0 Å². The van der Waals surface area contributed by atoms with Crippen LogP contribution in [0.3, 0.4) is 0 Å². The summed E-state index contributed by atoms with van der Waals surface area (Å²) in [5.41, 5.74) is 0. The maximum atomic E-state index is 10.5. The number of rotatable bonds is 4. The first-order chi connectivity index (χ1) is 4.77. The fourth-order valence-electron chi connectivity index (χ4n) is 0.217. The highest BCUT2D eigenvalue weighted by molar-refractivity contribution is 7.91. The molecule has 0 aliphatic rings. The average molecular weight is 204 g/mol. The molecular formula is C3H8O6S2. The summed E-state index contributed by atoms with van der Waals surface area (Å²) in [5.74, 6) is -1.25. The zero-order valence-electron chi connectivity index (χ0n) is 5.72. The summed E-state index contributed by atoms with van der Waals surface area (Å²) in [6.45, 7) is 1.34. The highest BCUT2D eigenvalue weighted by Gasteiger charge is 2.13. The molecular weight excluding hydrogens is 196 g/mol. The molecule has 68 valence electrons. The summed E-state index contributed by atoms with van der Waals surface area (Å²) in [6.07, 6.45) is 0. The van der Waals surface area contributed by atoms with Crippen LogP contribution in [-0.4, -0.2) is 33.1 Å². The zero-order valence-corrected chi connectivity index (χ0v) is 7.35. The molecule has 11 heavy (non-hydrogen) atoms. The smallest absolute Gasteiger partial charge is 0.264 e. The van der Waals surface area contributed by atoms with Crippen molar-refractivity contribution in [2.75, 3.05) is 11.7 Å². The molecule has 0 saturated heterocycles. The van der Waals surface area contributed by atoms with Gasteiger partial charge in [0.25, 0.3) is 0 Å². The Bertz CT molecular complexity index is 297. The lowest BCUT2D eigenvalue weighted by atomic mass is 11.0. The first-order valence-electron chi connectivity index (χ1n) is 2.59. The van der Waals surface area contributed by atoms with Crippen LogP contribution in [0.25, 0.3) is 0 Å². The number of hydrogen-bond donors (Lipinski definition) is 1. The second-order valence-electron chi connectivity index (χ2n) is 1.70. The summed E-state index contributed by atoms with van der Waals surface area (Å²) >= 11 is 0. The number of sulfone groups is 1. The minimum atomic E-state index is -4.65. The fraction of sp³-hybridized carbons (Fsp3) is 1.00. The molecule has 0 heterocycles. The van der Waals surface area contributed by atoms with Gasteiger partial charge in [-0.15, -0.1) is 0 Å². The van der Waals surface area contributed by atoms with Gasteiger partial charge in [0.05, 0.1) is 0 Å². The first kappa shape index (κ1) is 10.8. The highest BCUT2D eigenvalue weighted by atomic mass is 32.3. The lowest BCUT2D eigenvalue weighted by Crippen LogP contribution is -2.15. The van der Waals surface area contributed by atoms with Crippen LogP contribution in [0.2, 0.25) is 0 Å². The molecule has 0 aliphatic carbocycles. The molecule has 0 spiro atoms. The van der Waals surface area contributed by atoms with E-state index in [4.69, 9.17) is 4.55 Å². The molecule has 0 rings (SSSR count). The van der Waals surface area contributed by atoms with Crippen molar-refractivity contribution in [3.05, 3.63) is 0 Å². The largest absolute Gasteiger partial charge is 0.398 e. The van der Waals surface area contributed by atoms with E-state index in [0.717, 1.165) is 0 Å². The molecule has 0 unspecified atom stereocenters. The molecule has 0 aromatic rings. The second-order valence-corrected chi connectivity index (χ2v) is 5.09. The van der Waals surface area contributed by atoms with Gasteiger partial charge >= 0.3 is 10.4 Å². The van der Waals surface area contributed by atoms with Gasteiger partial charge in [-0.25, -0.2) is 12.6 Å². The maximum absolute atomic E-state index is 10.5. The van der Waals surface area contributed by atoms with E-state index in [0.29, 0.717) is 0 Å². The Hall–Kier alpha value is -0.180. The van der Waals surface area contributed by atoms with E-state index in [-0.39, 0.29) is 5.75 Å². The molecule has 0 fully saturated rings. The minimum absolute atomic E-state index is 0.234. The molecule has 8 heteroatoms. The summed E-state index contributed by atoms with van der Waals surface area (Å²) in [5, 5.41) is 0. The Morgan fingerprint density at radius 3 is 2.00 bits per heavy atom. The van der Waals surface area contributed by atoms with Crippen LogP contribution in [-0.2, 0) is 24.4 Å². The number of hydrogen-bond acceptors (Lipinski definition) is 5. The van der Waals surface area contributed by atoms with Gasteiger partial charge in [0.1, 0.15) is 0 Å². The van der Waals surface area contributed by atoms with Gasteiger partial charge in [0.2, 0.25) is 0 Å². The van der Waals surface area contributed by atoms with Crippen molar-refractivity contribution in [3.8, 4) is 0 Å². The fourth-order valence-corrected chi connectivity index (χ4v) is 1.46. The highest BCUT2D eigenvalue weighted by Crippen LogP contribution is 1.94. The lowest BCUT2D eigenvalue weighted by molar-refractivity contribution is 0.306. The summed E-state index contributed by atoms with van der Waals surface area (Å²) in [4.78, 5) is 0. The van der Waals surface area contributed by atoms with Crippen LogP contribution in [0.15, 0.2) is 0 Å². The molecule has 0 saturated carbocycles. The molecule has 0 amide bonds. The van der Waals surface area contributed by atoms with Crippen LogP contribution in [0.1, 0.15) is 6.92 Å². The Balaban J connectivity index is 4.13. The van der Waals surface area contributed by atoms with Gasteiger partial charge in [-0.3, -0.25) is 4.55 Å². The predicted molar refractivity (Wildman–Crippen MR) is 37.0 cm³/mol. The lowest BCUT2D eigenvalue weighted by Gasteiger charge is -1.98. The van der Waals surface area contributed by atoms with Crippen molar-refractivity contribution in [2.24, 2.45) is 0 Å². The van der Waals surface area contributed by atoms with E-state index >= 15 is 0 Å². The van der Waals surface area contributed by atoms with Gasteiger partial charge < -0.3 is 0 Å². The standard InChI is InChI=1S/C3H8O6S2/c1-2-10(4,5)3-9-11(6,7)8/h2-3H2,1H3,(H,6,7,8). The minimum Gasteiger partial charge on any atom is -0.264 e. The van der Waals surface area contributed by atoms with E-state index in [2.05, 4.69) is 4.18 Å². The van der Waals surface area contributed by atoms with Gasteiger partial charge in [-0.2, -0.15) is 8.42 Å². The monoisotopic (exact) mass is 204 g/mol. The van der Waals surface area contributed by atoms with Gasteiger partial charge in [0.15, 0.2) is 15.8 Å². The van der Waals surface area contributed by atoms with Crippen LogP contribution < -0.4 is 0 Å². The van der Waals surface area contributed by atoms with Crippen molar-refractivity contribution in [1.82, 2.24) is 0 Å². The predicted octanol–water partition coefficient (Wildman–Crippen LogP) is -0.802. The molecule has 0 aromatic heterocycles. The maximum Gasteiger partial charge on any atom is 0.398 e. The first-order valence-corrected chi connectivity index (χ1v) is 5.78. The average Bonchev–Trinajstić information content (AvgIpc) is 1.83.